The number of furan rings is 1. The summed E-state index contributed by atoms with van der Waals surface area (Å²) in [5.74, 6) is -2.29. The number of carbonyl (C=O) groups is 2. The van der Waals surface area contributed by atoms with Crippen LogP contribution >= 0.6 is 0 Å². The molecule has 9 heteroatoms. The van der Waals surface area contributed by atoms with Gasteiger partial charge in [-0.15, -0.1) is 0 Å². The topological polar surface area (TPSA) is 126 Å². The second kappa shape index (κ2) is 5.19. The third-order valence-corrected chi connectivity index (χ3v) is 3.34. The largest absolute Gasteiger partial charge is 0.480 e. The van der Waals surface area contributed by atoms with Crippen molar-refractivity contribution in [3.05, 3.63) is 17.9 Å². The lowest BCUT2D eigenvalue weighted by Gasteiger charge is -2.06. The number of carbonyl (C=O) groups excluding carboxylic acids is 1. The zero-order valence-corrected chi connectivity index (χ0v) is 10.4. The van der Waals surface area contributed by atoms with Crippen LogP contribution in [0.3, 0.4) is 0 Å². The van der Waals surface area contributed by atoms with Gasteiger partial charge in [0.1, 0.15) is 6.04 Å². The fourth-order valence-electron chi connectivity index (χ4n) is 1.02. The average Bonchev–Trinajstić information content (AvgIpc) is 2.78. The van der Waals surface area contributed by atoms with E-state index in [1.807, 2.05) is 4.72 Å². The SMILES string of the molecule is CNS(=O)(=O)c1ccc(C(=O)N[C@H](C)C(=O)O)o1. The Morgan fingerprint density at radius 1 is 1.39 bits per heavy atom. The molecule has 0 bridgehead atoms. The lowest BCUT2D eigenvalue weighted by Crippen LogP contribution is -2.38. The monoisotopic (exact) mass is 276 g/mol. The molecule has 1 aromatic heterocycles. The molecule has 1 aromatic rings. The van der Waals surface area contributed by atoms with Crippen LogP contribution in [0.5, 0.6) is 0 Å². The standard InChI is InChI=1S/C9H12N2O6S/c1-5(9(13)14)11-8(12)6-3-4-7(17-6)18(15,16)10-2/h3-5,10H,1-2H3,(H,11,12)(H,13,14)/t5-/m1/s1. The summed E-state index contributed by atoms with van der Waals surface area (Å²) >= 11 is 0. The molecule has 0 aromatic carbocycles. The van der Waals surface area contributed by atoms with E-state index in [1.165, 1.54) is 14.0 Å². The minimum Gasteiger partial charge on any atom is -0.480 e. The van der Waals surface area contributed by atoms with Crippen LogP contribution < -0.4 is 10.0 Å². The molecule has 0 spiro atoms. The molecule has 1 amide bonds. The summed E-state index contributed by atoms with van der Waals surface area (Å²) in [5.41, 5.74) is 0. The fraction of sp³-hybridized carbons (Fsp3) is 0.333. The highest BCUT2D eigenvalue weighted by Crippen LogP contribution is 2.13. The van der Waals surface area contributed by atoms with Gasteiger partial charge in [0.25, 0.3) is 15.9 Å². The van der Waals surface area contributed by atoms with Gasteiger partial charge in [0, 0.05) is 0 Å². The van der Waals surface area contributed by atoms with Crippen LogP contribution in [0.4, 0.5) is 0 Å². The first-order valence-corrected chi connectivity index (χ1v) is 6.33. The summed E-state index contributed by atoms with van der Waals surface area (Å²) in [7, 11) is -2.57. The molecule has 0 radical (unpaired) electrons. The molecular formula is C9H12N2O6S. The van der Waals surface area contributed by atoms with Gasteiger partial charge in [-0.2, -0.15) is 0 Å². The van der Waals surface area contributed by atoms with Crippen molar-refractivity contribution >= 4 is 21.9 Å². The van der Waals surface area contributed by atoms with Gasteiger partial charge in [-0.1, -0.05) is 0 Å². The Hall–Kier alpha value is -1.87. The number of nitrogens with one attached hydrogen (secondary N) is 2. The molecular weight excluding hydrogens is 264 g/mol. The van der Waals surface area contributed by atoms with Crippen molar-refractivity contribution in [2.24, 2.45) is 0 Å². The van der Waals surface area contributed by atoms with Crippen molar-refractivity contribution in [1.29, 1.82) is 0 Å². The Kier molecular flexibility index (Phi) is 4.09. The zero-order valence-electron chi connectivity index (χ0n) is 9.63. The summed E-state index contributed by atoms with van der Waals surface area (Å²) in [5, 5.41) is 10.3. The van der Waals surface area contributed by atoms with Gasteiger partial charge in [-0.05, 0) is 26.1 Å². The number of aliphatic carboxylic acids is 1. The van der Waals surface area contributed by atoms with E-state index in [-0.39, 0.29) is 5.76 Å². The van der Waals surface area contributed by atoms with Crippen LogP contribution in [0.15, 0.2) is 21.6 Å². The highest BCUT2D eigenvalue weighted by molar-refractivity contribution is 7.89. The maximum Gasteiger partial charge on any atom is 0.325 e. The molecule has 0 saturated carbocycles. The first-order valence-electron chi connectivity index (χ1n) is 4.85. The number of carboxylic acids is 1. The van der Waals surface area contributed by atoms with Crippen LogP contribution in [-0.2, 0) is 14.8 Å². The van der Waals surface area contributed by atoms with Crippen molar-refractivity contribution in [1.82, 2.24) is 10.0 Å². The molecule has 1 heterocycles. The summed E-state index contributed by atoms with van der Waals surface area (Å²) in [6.45, 7) is 1.27. The fourth-order valence-corrected chi connectivity index (χ4v) is 1.66. The Bertz CT molecular complexity index is 561. The highest BCUT2D eigenvalue weighted by Gasteiger charge is 2.21. The summed E-state index contributed by atoms with van der Waals surface area (Å²) < 4.78 is 29.5. The highest BCUT2D eigenvalue weighted by atomic mass is 32.2. The number of rotatable bonds is 5. The third kappa shape index (κ3) is 3.08. The number of hydrogen-bond donors (Lipinski definition) is 3. The molecule has 18 heavy (non-hydrogen) atoms. The molecule has 0 aliphatic rings. The van der Waals surface area contributed by atoms with E-state index < -0.39 is 33.0 Å². The lowest BCUT2D eigenvalue weighted by molar-refractivity contribution is -0.138. The zero-order chi connectivity index (χ0) is 13.9. The van der Waals surface area contributed by atoms with E-state index in [4.69, 9.17) is 9.52 Å². The minimum absolute atomic E-state index is 0.281. The van der Waals surface area contributed by atoms with Crippen LogP contribution in [0.1, 0.15) is 17.5 Å². The Balaban J connectivity index is 2.87. The van der Waals surface area contributed by atoms with Gasteiger partial charge >= 0.3 is 5.97 Å². The summed E-state index contributed by atoms with van der Waals surface area (Å²) in [6.07, 6.45) is 0. The molecule has 1 rings (SSSR count). The van der Waals surface area contributed by atoms with Crippen LogP contribution in [0.2, 0.25) is 0 Å². The van der Waals surface area contributed by atoms with E-state index in [9.17, 15) is 18.0 Å². The van der Waals surface area contributed by atoms with Crippen molar-refractivity contribution in [3.8, 4) is 0 Å². The van der Waals surface area contributed by atoms with E-state index >= 15 is 0 Å². The van der Waals surface area contributed by atoms with Gasteiger partial charge in [-0.3, -0.25) is 9.59 Å². The molecule has 0 unspecified atom stereocenters. The second-order valence-electron chi connectivity index (χ2n) is 3.36. The Morgan fingerprint density at radius 2 is 2.00 bits per heavy atom. The molecule has 1 atom stereocenters. The first kappa shape index (κ1) is 14.2. The van der Waals surface area contributed by atoms with E-state index in [2.05, 4.69) is 5.32 Å². The number of hydrogen-bond acceptors (Lipinski definition) is 5. The van der Waals surface area contributed by atoms with E-state index in [0.29, 0.717) is 0 Å². The van der Waals surface area contributed by atoms with Gasteiger partial charge in [0.05, 0.1) is 0 Å². The second-order valence-corrected chi connectivity index (χ2v) is 5.18. The quantitative estimate of drug-likeness (QED) is 0.658. The molecule has 100 valence electrons. The molecule has 3 N–H and O–H groups in total. The average molecular weight is 276 g/mol. The predicted octanol–water partition coefficient (Wildman–Crippen LogP) is -0.609. The molecule has 0 fully saturated rings. The van der Waals surface area contributed by atoms with Gasteiger partial charge in [-0.25, -0.2) is 13.1 Å². The van der Waals surface area contributed by atoms with Crippen molar-refractivity contribution < 1.29 is 27.5 Å². The molecule has 0 aliphatic heterocycles. The lowest BCUT2D eigenvalue weighted by atomic mass is 10.3. The smallest absolute Gasteiger partial charge is 0.325 e. The van der Waals surface area contributed by atoms with Gasteiger partial charge in [0.2, 0.25) is 5.09 Å². The van der Waals surface area contributed by atoms with Gasteiger partial charge < -0.3 is 14.8 Å². The van der Waals surface area contributed by atoms with Crippen LogP contribution in [-0.4, -0.2) is 38.5 Å². The van der Waals surface area contributed by atoms with Gasteiger partial charge in [0.15, 0.2) is 5.76 Å². The van der Waals surface area contributed by atoms with Crippen molar-refractivity contribution in [3.63, 3.8) is 0 Å². The Morgan fingerprint density at radius 3 is 2.50 bits per heavy atom. The van der Waals surface area contributed by atoms with Crippen LogP contribution in [0, 0.1) is 0 Å². The summed E-state index contributed by atoms with van der Waals surface area (Å²) in [6, 6.07) is 1.15. The first-order chi connectivity index (χ1) is 8.27. The normalized spacial score (nSPS) is 13.0. The predicted molar refractivity (Wildman–Crippen MR) is 59.5 cm³/mol. The molecule has 0 saturated heterocycles. The van der Waals surface area contributed by atoms with Crippen molar-refractivity contribution in [2.45, 2.75) is 18.1 Å². The van der Waals surface area contributed by atoms with E-state index in [1.54, 1.807) is 0 Å². The van der Waals surface area contributed by atoms with E-state index in [0.717, 1.165) is 12.1 Å². The Labute approximate surface area is 103 Å². The molecule has 8 nitrogen and oxygen atoms in total. The molecule has 0 aliphatic carbocycles. The summed E-state index contributed by atoms with van der Waals surface area (Å²) in [4.78, 5) is 22.0. The number of amides is 1. The maximum atomic E-state index is 11.5. The number of carboxylic acid groups (broad SMARTS) is 1. The van der Waals surface area contributed by atoms with Crippen LogP contribution in [0.25, 0.3) is 0 Å². The maximum absolute atomic E-state index is 11.5. The number of sulfonamides is 1. The van der Waals surface area contributed by atoms with Crippen molar-refractivity contribution in [2.75, 3.05) is 7.05 Å². The third-order valence-electron chi connectivity index (χ3n) is 2.06. The minimum atomic E-state index is -3.77.